The summed E-state index contributed by atoms with van der Waals surface area (Å²) in [5.41, 5.74) is 1.70. The molecule has 0 saturated heterocycles. The number of phenols is 1. The first-order valence-electron chi connectivity index (χ1n) is 6.08. The maximum absolute atomic E-state index is 9.52. The molecule has 1 aliphatic heterocycles. The third-order valence-electron chi connectivity index (χ3n) is 3.15. The van der Waals surface area contributed by atoms with Crippen LogP contribution in [0.25, 0.3) is 11.1 Å². The summed E-state index contributed by atoms with van der Waals surface area (Å²) in [6, 6.07) is 8.66. The number of rotatable bonds is 3. The van der Waals surface area contributed by atoms with Gasteiger partial charge in [-0.3, -0.25) is 0 Å². The van der Waals surface area contributed by atoms with Gasteiger partial charge in [0.25, 0.3) is 0 Å². The van der Waals surface area contributed by atoms with Gasteiger partial charge in [0.15, 0.2) is 11.5 Å². The van der Waals surface area contributed by atoms with E-state index in [0.29, 0.717) is 23.0 Å². The summed E-state index contributed by atoms with van der Waals surface area (Å²) in [5.74, 6) is 2.57. The van der Waals surface area contributed by atoms with Gasteiger partial charge in [0, 0.05) is 11.6 Å². The van der Waals surface area contributed by atoms with Gasteiger partial charge < -0.3 is 24.1 Å². The molecule has 2 aromatic rings. The summed E-state index contributed by atoms with van der Waals surface area (Å²) < 4.78 is 21.4. The van der Waals surface area contributed by atoms with Gasteiger partial charge in [-0.25, -0.2) is 0 Å². The quantitative estimate of drug-likeness (QED) is 0.932. The monoisotopic (exact) mass is 274 g/mol. The molecular formula is C15H14O5. The van der Waals surface area contributed by atoms with Crippen LogP contribution < -0.4 is 18.9 Å². The zero-order chi connectivity index (χ0) is 14.1. The molecule has 0 atom stereocenters. The van der Waals surface area contributed by atoms with Gasteiger partial charge in [-0.15, -0.1) is 0 Å². The Balaban J connectivity index is 2.15. The summed E-state index contributed by atoms with van der Waals surface area (Å²) in [4.78, 5) is 0. The minimum absolute atomic E-state index is 0.151. The number of aromatic hydroxyl groups is 1. The first-order chi connectivity index (χ1) is 9.72. The molecule has 0 saturated carbocycles. The van der Waals surface area contributed by atoms with E-state index in [2.05, 4.69) is 0 Å². The van der Waals surface area contributed by atoms with E-state index in [1.54, 1.807) is 32.4 Å². The van der Waals surface area contributed by atoms with Gasteiger partial charge in [0.2, 0.25) is 12.5 Å². The first kappa shape index (κ1) is 12.5. The fourth-order valence-electron chi connectivity index (χ4n) is 2.20. The smallest absolute Gasteiger partial charge is 0.231 e. The number of benzene rings is 2. The van der Waals surface area contributed by atoms with Gasteiger partial charge >= 0.3 is 0 Å². The lowest BCUT2D eigenvalue weighted by Gasteiger charge is -2.12. The number of hydrogen-bond acceptors (Lipinski definition) is 5. The Morgan fingerprint density at radius 2 is 1.80 bits per heavy atom. The van der Waals surface area contributed by atoms with Crippen molar-refractivity contribution in [3.05, 3.63) is 30.3 Å². The minimum Gasteiger partial charge on any atom is -0.508 e. The van der Waals surface area contributed by atoms with Crippen LogP contribution in [0.2, 0.25) is 0 Å². The van der Waals surface area contributed by atoms with Crippen molar-refractivity contribution in [2.75, 3.05) is 21.0 Å². The van der Waals surface area contributed by atoms with Crippen molar-refractivity contribution in [1.82, 2.24) is 0 Å². The van der Waals surface area contributed by atoms with Gasteiger partial charge in [-0.2, -0.15) is 0 Å². The number of phenolic OH excluding ortho intramolecular Hbond substituents is 1. The number of hydrogen-bond donors (Lipinski definition) is 1. The summed E-state index contributed by atoms with van der Waals surface area (Å²) in [6.45, 7) is 0.182. The van der Waals surface area contributed by atoms with Crippen LogP contribution in [0.4, 0.5) is 0 Å². The predicted octanol–water partition coefficient (Wildman–Crippen LogP) is 2.81. The third kappa shape index (κ3) is 1.97. The number of methoxy groups -OCH3 is 2. The average molecular weight is 274 g/mol. The Hall–Kier alpha value is -2.56. The van der Waals surface area contributed by atoms with Crippen molar-refractivity contribution < 1.29 is 24.1 Å². The van der Waals surface area contributed by atoms with Crippen LogP contribution in [0, 0.1) is 0 Å². The van der Waals surface area contributed by atoms with Crippen molar-refractivity contribution in [2.24, 2.45) is 0 Å². The van der Waals surface area contributed by atoms with E-state index in [1.807, 2.05) is 12.1 Å². The highest BCUT2D eigenvalue weighted by Crippen LogP contribution is 2.45. The van der Waals surface area contributed by atoms with Crippen molar-refractivity contribution in [3.63, 3.8) is 0 Å². The van der Waals surface area contributed by atoms with Crippen molar-refractivity contribution >= 4 is 0 Å². The van der Waals surface area contributed by atoms with Crippen LogP contribution in [-0.4, -0.2) is 26.1 Å². The zero-order valence-electron chi connectivity index (χ0n) is 11.2. The molecule has 0 amide bonds. The Morgan fingerprint density at radius 3 is 2.55 bits per heavy atom. The van der Waals surface area contributed by atoms with Crippen LogP contribution in [0.5, 0.6) is 28.7 Å². The molecule has 0 radical (unpaired) electrons. The molecule has 0 unspecified atom stereocenters. The van der Waals surface area contributed by atoms with E-state index in [9.17, 15) is 5.11 Å². The van der Waals surface area contributed by atoms with Gasteiger partial charge in [0.1, 0.15) is 11.5 Å². The van der Waals surface area contributed by atoms with Gasteiger partial charge in [0.05, 0.1) is 14.2 Å². The molecule has 3 rings (SSSR count). The van der Waals surface area contributed by atoms with Crippen LogP contribution in [0.1, 0.15) is 0 Å². The molecule has 0 bridgehead atoms. The summed E-state index contributed by atoms with van der Waals surface area (Å²) in [6.07, 6.45) is 0. The molecule has 1 N–H and O–H groups in total. The van der Waals surface area contributed by atoms with Crippen molar-refractivity contribution in [3.8, 4) is 39.9 Å². The summed E-state index contributed by atoms with van der Waals surface area (Å²) in [7, 11) is 3.14. The largest absolute Gasteiger partial charge is 0.508 e. The molecule has 1 heterocycles. The molecule has 0 aliphatic carbocycles. The average Bonchev–Trinajstić information content (AvgIpc) is 2.94. The highest BCUT2D eigenvalue weighted by molar-refractivity contribution is 5.76. The van der Waals surface area contributed by atoms with Crippen molar-refractivity contribution in [1.29, 1.82) is 0 Å². The maximum atomic E-state index is 9.52. The number of ether oxygens (including phenoxy) is 4. The predicted molar refractivity (Wildman–Crippen MR) is 72.8 cm³/mol. The van der Waals surface area contributed by atoms with Crippen LogP contribution in [0.15, 0.2) is 30.3 Å². The van der Waals surface area contributed by atoms with Crippen LogP contribution in [0.3, 0.4) is 0 Å². The van der Waals surface area contributed by atoms with Crippen LogP contribution >= 0.6 is 0 Å². The fraction of sp³-hybridized carbons (Fsp3) is 0.200. The second-order valence-corrected chi connectivity index (χ2v) is 4.30. The molecule has 5 nitrogen and oxygen atoms in total. The highest BCUT2D eigenvalue weighted by atomic mass is 16.7. The lowest BCUT2D eigenvalue weighted by atomic mass is 10.0. The van der Waals surface area contributed by atoms with E-state index < -0.39 is 0 Å². The molecule has 104 valence electrons. The topological polar surface area (TPSA) is 57.2 Å². The molecule has 1 aliphatic rings. The van der Waals surface area contributed by atoms with E-state index in [1.165, 1.54) is 0 Å². The van der Waals surface area contributed by atoms with Crippen LogP contribution in [-0.2, 0) is 0 Å². The Kier molecular flexibility index (Phi) is 3.02. The number of fused-ring (bicyclic) bond motifs is 1. The Labute approximate surface area is 116 Å². The maximum Gasteiger partial charge on any atom is 0.231 e. The fourth-order valence-corrected chi connectivity index (χ4v) is 2.20. The lowest BCUT2D eigenvalue weighted by molar-refractivity contribution is 0.171. The molecule has 2 aromatic carbocycles. The van der Waals surface area contributed by atoms with E-state index in [-0.39, 0.29) is 12.5 Å². The van der Waals surface area contributed by atoms with Gasteiger partial charge in [-0.05, 0) is 29.8 Å². The second kappa shape index (κ2) is 4.85. The summed E-state index contributed by atoms with van der Waals surface area (Å²) in [5, 5.41) is 9.52. The molecule has 0 fully saturated rings. The minimum atomic E-state index is 0.151. The second-order valence-electron chi connectivity index (χ2n) is 4.30. The summed E-state index contributed by atoms with van der Waals surface area (Å²) >= 11 is 0. The van der Waals surface area contributed by atoms with Gasteiger partial charge in [-0.1, -0.05) is 0 Å². The lowest BCUT2D eigenvalue weighted by Crippen LogP contribution is -1.93. The Bertz CT molecular complexity index is 651. The zero-order valence-corrected chi connectivity index (χ0v) is 11.2. The molecule has 0 aromatic heterocycles. The first-order valence-corrected chi connectivity index (χ1v) is 6.08. The normalized spacial score (nSPS) is 12.3. The molecular weight excluding hydrogens is 260 g/mol. The van der Waals surface area contributed by atoms with E-state index in [4.69, 9.17) is 18.9 Å². The third-order valence-corrected chi connectivity index (χ3v) is 3.15. The molecule has 20 heavy (non-hydrogen) atoms. The van der Waals surface area contributed by atoms with Crippen molar-refractivity contribution in [2.45, 2.75) is 0 Å². The van der Waals surface area contributed by atoms with E-state index >= 15 is 0 Å². The van der Waals surface area contributed by atoms with E-state index in [0.717, 1.165) is 11.1 Å². The standard InChI is InChI=1S/C15H14O5/c1-17-12-7-10(16)3-4-11(12)9-5-13(18-2)15-14(6-9)19-8-20-15/h3-7,16H,8H2,1-2H3. The molecule has 5 heteroatoms. The molecule has 0 spiro atoms. The Morgan fingerprint density at radius 1 is 1.00 bits per heavy atom. The SMILES string of the molecule is COc1cc(O)ccc1-c1cc(OC)c2c(c1)OCO2. The highest BCUT2D eigenvalue weighted by Gasteiger charge is 2.21.